The summed E-state index contributed by atoms with van der Waals surface area (Å²) in [6, 6.07) is 0. The second-order valence-electron chi connectivity index (χ2n) is 8.06. The predicted molar refractivity (Wildman–Crippen MR) is 99.0 cm³/mol. The number of esters is 1. The topological polar surface area (TPSA) is 35.5 Å². The highest BCUT2D eigenvalue weighted by molar-refractivity contribution is 6.77. The van der Waals surface area contributed by atoms with Crippen molar-refractivity contribution in [2.24, 2.45) is 5.92 Å². The highest BCUT2D eigenvalue weighted by Gasteiger charge is 2.47. The largest absolute Gasteiger partial charge is 0.461 e. The molecule has 0 amide bonds. The van der Waals surface area contributed by atoms with E-state index in [4.69, 9.17) is 9.16 Å². The Bertz CT molecular complexity index is 405. The van der Waals surface area contributed by atoms with E-state index < -0.39 is 8.32 Å². The summed E-state index contributed by atoms with van der Waals surface area (Å²) in [6.45, 7) is 18.0. The molecule has 0 aliphatic heterocycles. The number of hydrogen-bond acceptors (Lipinski definition) is 3. The van der Waals surface area contributed by atoms with Crippen LogP contribution in [0.1, 0.15) is 68.2 Å². The van der Waals surface area contributed by atoms with Crippen molar-refractivity contribution >= 4 is 14.3 Å². The third kappa shape index (κ3) is 4.93. The zero-order chi connectivity index (χ0) is 17.8. The van der Waals surface area contributed by atoms with Gasteiger partial charge >= 0.3 is 5.97 Å². The number of carbonyl (C=O) groups is 1. The lowest BCUT2D eigenvalue weighted by Gasteiger charge is -2.46. The van der Waals surface area contributed by atoms with Gasteiger partial charge in [0, 0.05) is 6.92 Å². The second kappa shape index (κ2) is 8.47. The van der Waals surface area contributed by atoms with Crippen molar-refractivity contribution in [2.75, 3.05) is 6.61 Å². The number of ether oxygens (including phenoxy) is 1. The highest BCUT2D eigenvalue weighted by atomic mass is 28.4. The third-order valence-corrected chi connectivity index (χ3v) is 11.4. The van der Waals surface area contributed by atoms with Crippen LogP contribution in [0, 0.1) is 5.92 Å². The van der Waals surface area contributed by atoms with Gasteiger partial charge in [-0.15, -0.1) is 0 Å². The Morgan fingerprint density at radius 1 is 1.17 bits per heavy atom. The number of carbonyl (C=O) groups excluding carboxylic acids is 1. The first-order valence-corrected chi connectivity index (χ1v) is 11.2. The van der Waals surface area contributed by atoms with Gasteiger partial charge in [-0.1, -0.05) is 54.5 Å². The summed E-state index contributed by atoms with van der Waals surface area (Å²) in [5.41, 5.74) is 2.86. The summed E-state index contributed by atoms with van der Waals surface area (Å²) in [5, 5.41) is 0. The lowest BCUT2D eigenvalue weighted by atomic mass is 9.89. The van der Waals surface area contributed by atoms with Gasteiger partial charge in [0.2, 0.25) is 8.32 Å². The molecule has 1 aliphatic carbocycles. The zero-order valence-electron chi connectivity index (χ0n) is 16.3. The van der Waals surface area contributed by atoms with E-state index in [0.29, 0.717) is 29.1 Å². The average Bonchev–Trinajstić information content (AvgIpc) is 2.42. The molecule has 3 nitrogen and oxygen atoms in total. The van der Waals surface area contributed by atoms with Crippen LogP contribution in [0.15, 0.2) is 11.6 Å². The first-order chi connectivity index (χ1) is 10.6. The molecule has 0 aromatic heterocycles. The maximum atomic E-state index is 11.2. The molecule has 0 spiro atoms. The summed E-state index contributed by atoms with van der Waals surface area (Å²) in [5.74, 6) is 0.405. The average molecular weight is 341 g/mol. The van der Waals surface area contributed by atoms with Crippen molar-refractivity contribution in [1.82, 2.24) is 0 Å². The Kier molecular flexibility index (Phi) is 7.53. The van der Waals surface area contributed by atoms with Crippen molar-refractivity contribution in [3.8, 4) is 0 Å². The van der Waals surface area contributed by atoms with E-state index in [-0.39, 0.29) is 12.1 Å². The Balaban J connectivity index is 3.05. The molecular formula is C19H36O3Si. The van der Waals surface area contributed by atoms with Gasteiger partial charge in [0.25, 0.3) is 0 Å². The zero-order valence-corrected chi connectivity index (χ0v) is 17.3. The quantitative estimate of drug-likeness (QED) is 0.350. The predicted octanol–water partition coefficient (Wildman–Crippen LogP) is 5.47. The monoisotopic (exact) mass is 340 g/mol. The first kappa shape index (κ1) is 20.4. The molecule has 0 bridgehead atoms. The molecule has 2 atom stereocenters. The van der Waals surface area contributed by atoms with Gasteiger partial charge in [-0.05, 0) is 41.0 Å². The van der Waals surface area contributed by atoms with Crippen molar-refractivity contribution in [3.05, 3.63) is 11.6 Å². The molecule has 0 aromatic carbocycles. The maximum Gasteiger partial charge on any atom is 0.302 e. The minimum Gasteiger partial charge on any atom is -0.461 e. The summed E-state index contributed by atoms with van der Waals surface area (Å²) in [7, 11) is -1.92. The molecule has 0 unspecified atom stereocenters. The van der Waals surface area contributed by atoms with Crippen molar-refractivity contribution in [1.29, 1.82) is 0 Å². The van der Waals surface area contributed by atoms with Crippen LogP contribution in [0.5, 0.6) is 0 Å². The number of allylic oxidation sites excluding steroid dienone is 1. The minimum atomic E-state index is -1.92. The summed E-state index contributed by atoms with van der Waals surface area (Å²) in [6.07, 6.45) is 4.43. The SMILES string of the molecule is CC(=O)OCC1=CC[C@H](C)C[C@@H]1O[Si](C(C)C)(C(C)C)C(C)C. The molecule has 1 rings (SSSR count). The van der Waals surface area contributed by atoms with Gasteiger partial charge in [-0.3, -0.25) is 4.79 Å². The van der Waals surface area contributed by atoms with E-state index in [2.05, 4.69) is 54.5 Å². The Morgan fingerprint density at radius 3 is 2.13 bits per heavy atom. The van der Waals surface area contributed by atoms with Crippen molar-refractivity contribution < 1.29 is 14.0 Å². The Labute approximate surface area is 144 Å². The second-order valence-corrected chi connectivity index (χ2v) is 13.5. The fraction of sp³-hybridized carbons (Fsp3) is 0.842. The number of hydrogen-bond donors (Lipinski definition) is 0. The van der Waals surface area contributed by atoms with Crippen LogP contribution < -0.4 is 0 Å². The van der Waals surface area contributed by atoms with Crippen LogP contribution in [0.3, 0.4) is 0 Å². The van der Waals surface area contributed by atoms with E-state index in [1.807, 2.05) is 0 Å². The van der Waals surface area contributed by atoms with Gasteiger partial charge in [0.05, 0.1) is 6.10 Å². The Hall–Kier alpha value is -0.613. The van der Waals surface area contributed by atoms with Gasteiger partial charge in [-0.25, -0.2) is 0 Å². The van der Waals surface area contributed by atoms with E-state index in [1.54, 1.807) is 0 Å². The maximum absolute atomic E-state index is 11.2. The molecule has 0 fully saturated rings. The lowest BCUT2D eigenvalue weighted by molar-refractivity contribution is -0.140. The molecule has 134 valence electrons. The molecule has 0 saturated heterocycles. The van der Waals surface area contributed by atoms with Gasteiger partial charge in [-0.2, -0.15) is 0 Å². The van der Waals surface area contributed by atoms with Gasteiger partial charge < -0.3 is 9.16 Å². The first-order valence-electron chi connectivity index (χ1n) is 9.11. The van der Waals surface area contributed by atoms with Crippen LogP contribution in [-0.2, 0) is 14.0 Å². The summed E-state index contributed by atoms with van der Waals surface area (Å²) < 4.78 is 12.2. The molecule has 23 heavy (non-hydrogen) atoms. The standard InChI is InChI=1S/C19H36O3Si/c1-13(2)23(14(3)4,15(5)6)22-19-11-16(7)9-10-18(19)12-21-17(8)20/h10,13-16,19H,9,11-12H2,1-8H3/t16-,19-/m0/s1. The lowest BCUT2D eigenvalue weighted by Crippen LogP contribution is -2.51. The molecule has 0 radical (unpaired) electrons. The molecule has 4 heteroatoms. The van der Waals surface area contributed by atoms with E-state index in [0.717, 1.165) is 18.4 Å². The number of rotatable bonds is 7. The minimum absolute atomic E-state index is 0.108. The highest BCUT2D eigenvalue weighted by Crippen LogP contribution is 2.45. The normalized spacial score (nSPS) is 22.7. The molecule has 0 heterocycles. The molecule has 1 aliphatic rings. The summed E-state index contributed by atoms with van der Waals surface area (Å²) in [4.78, 5) is 11.2. The molecule has 0 aromatic rings. The van der Waals surface area contributed by atoms with Crippen LogP contribution in [0.4, 0.5) is 0 Å². The molecule has 0 N–H and O–H groups in total. The van der Waals surface area contributed by atoms with Gasteiger partial charge in [0.1, 0.15) is 6.61 Å². The van der Waals surface area contributed by atoms with Crippen LogP contribution in [0.2, 0.25) is 16.6 Å². The van der Waals surface area contributed by atoms with Crippen LogP contribution in [0.25, 0.3) is 0 Å². The fourth-order valence-corrected chi connectivity index (χ4v) is 9.77. The molecular weight excluding hydrogens is 304 g/mol. The fourth-order valence-electron chi connectivity index (χ4n) is 4.21. The van der Waals surface area contributed by atoms with Crippen molar-refractivity contribution in [2.45, 2.75) is 91.0 Å². The van der Waals surface area contributed by atoms with Crippen LogP contribution in [-0.4, -0.2) is 27.0 Å². The third-order valence-electron chi connectivity index (χ3n) is 5.31. The smallest absolute Gasteiger partial charge is 0.302 e. The summed E-state index contributed by atoms with van der Waals surface area (Å²) >= 11 is 0. The van der Waals surface area contributed by atoms with Crippen LogP contribution >= 0.6 is 0 Å². The van der Waals surface area contributed by atoms with E-state index in [9.17, 15) is 4.79 Å². The van der Waals surface area contributed by atoms with Gasteiger partial charge in [0.15, 0.2) is 0 Å². The molecule has 0 saturated carbocycles. The Morgan fingerprint density at radius 2 is 1.70 bits per heavy atom. The van der Waals surface area contributed by atoms with E-state index in [1.165, 1.54) is 6.92 Å². The van der Waals surface area contributed by atoms with Crippen molar-refractivity contribution in [3.63, 3.8) is 0 Å². The van der Waals surface area contributed by atoms with E-state index >= 15 is 0 Å².